The van der Waals surface area contributed by atoms with Crippen molar-refractivity contribution in [3.8, 4) is 11.5 Å². The van der Waals surface area contributed by atoms with E-state index in [2.05, 4.69) is 5.32 Å². The van der Waals surface area contributed by atoms with Crippen LogP contribution in [0.3, 0.4) is 0 Å². The Morgan fingerprint density at radius 3 is 2.52 bits per heavy atom. The van der Waals surface area contributed by atoms with E-state index in [9.17, 15) is 9.59 Å². The topological polar surface area (TPSA) is 89.5 Å². The van der Waals surface area contributed by atoms with Gasteiger partial charge in [0.25, 0.3) is 0 Å². The Morgan fingerprint density at radius 2 is 1.91 bits per heavy atom. The molecule has 2 aliphatic rings. The third-order valence-electron chi connectivity index (χ3n) is 5.40. The molecule has 1 aromatic carbocycles. The van der Waals surface area contributed by atoms with Gasteiger partial charge in [0.05, 0.1) is 45.1 Å². The predicted molar refractivity (Wildman–Crippen MR) is 129 cm³/mol. The van der Waals surface area contributed by atoms with E-state index in [-0.39, 0.29) is 12.3 Å². The lowest BCUT2D eigenvalue weighted by Gasteiger charge is -2.36. The van der Waals surface area contributed by atoms with Gasteiger partial charge < -0.3 is 24.4 Å². The number of amides is 1. The van der Waals surface area contributed by atoms with Crippen LogP contribution in [-0.4, -0.2) is 49.8 Å². The third-order valence-corrected chi connectivity index (χ3v) is 6.29. The van der Waals surface area contributed by atoms with E-state index in [1.807, 2.05) is 49.3 Å². The highest BCUT2D eigenvalue weighted by Gasteiger charge is 2.41. The molecular formula is C24H31N3O5S. The lowest BCUT2D eigenvalue weighted by atomic mass is 9.92. The van der Waals surface area contributed by atoms with E-state index in [1.165, 1.54) is 18.9 Å². The van der Waals surface area contributed by atoms with Crippen molar-refractivity contribution in [2.45, 2.75) is 39.7 Å². The summed E-state index contributed by atoms with van der Waals surface area (Å²) in [4.78, 5) is 32.3. The summed E-state index contributed by atoms with van der Waals surface area (Å²) in [6.07, 6.45) is 0.745. The van der Waals surface area contributed by atoms with Crippen molar-refractivity contribution in [2.75, 3.05) is 27.9 Å². The minimum atomic E-state index is -0.515. The van der Waals surface area contributed by atoms with Crippen molar-refractivity contribution in [3.63, 3.8) is 0 Å². The SMILES string of the molecule is CCC1=C(C(=O)OC)C(c2ccc(OC)c(OC)c2)N2C(CC(=O)NCC(C)C)=CSC2=N1. The molecule has 2 aliphatic heterocycles. The molecule has 178 valence electrons. The van der Waals surface area contributed by atoms with Gasteiger partial charge in [0.1, 0.15) is 0 Å². The second-order valence-corrected chi connectivity index (χ2v) is 8.93. The molecule has 33 heavy (non-hydrogen) atoms. The number of carbonyl (C=O) groups excluding carboxylic acids is 2. The second kappa shape index (κ2) is 10.8. The average molecular weight is 474 g/mol. The van der Waals surface area contributed by atoms with Gasteiger partial charge in [0.15, 0.2) is 16.7 Å². The highest BCUT2D eigenvalue weighted by Crippen LogP contribution is 2.46. The normalized spacial score (nSPS) is 17.4. The Kier molecular flexibility index (Phi) is 8.07. The van der Waals surface area contributed by atoms with Crippen LogP contribution >= 0.6 is 11.8 Å². The standard InChI is InChI=1S/C24H31N3O5S/c1-7-17-21(23(29)32-6)22(15-8-9-18(30-4)19(10-15)31-5)27-16(13-33-24(27)26-17)11-20(28)25-12-14(2)3/h8-10,13-14,22H,7,11-12H2,1-6H3,(H,25,28). The molecule has 1 aromatic rings. The van der Waals surface area contributed by atoms with Crippen LogP contribution < -0.4 is 14.8 Å². The summed E-state index contributed by atoms with van der Waals surface area (Å²) in [7, 11) is 4.51. The largest absolute Gasteiger partial charge is 0.493 e. The molecule has 1 unspecified atom stereocenters. The summed E-state index contributed by atoms with van der Waals surface area (Å²) in [6, 6.07) is 5.04. The summed E-state index contributed by atoms with van der Waals surface area (Å²) in [5, 5.41) is 5.62. The number of esters is 1. The molecule has 3 rings (SSSR count). The Morgan fingerprint density at radius 1 is 1.18 bits per heavy atom. The monoisotopic (exact) mass is 473 g/mol. The zero-order valence-electron chi connectivity index (χ0n) is 19.9. The number of hydrogen-bond donors (Lipinski definition) is 1. The molecular weight excluding hydrogens is 442 g/mol. The first-order valence-electron chi connectivity index (χ1n) is 10.9. The zero-order chi connectivity index (χ0) is 24.1. The lowest BCUT2D eigenvalue weighted by Crippen LogP contribution is -2.38. The number of ether oxygens (including phenoxy) is 3. The molecule has 9 heteroatoms. The van der Waals surface area contributed by atoms with Crippen molar-refractivity contribution in [1.29, 1.82) is 0 Å². The van der Waals surface area contributed by atoms with E-state index >= 15 is 0 Å². The number of aliphatic imine (C=N–C) groups is 1. The van der Waals surface area contributed by atoms with Gasteiger partial charge in [0, 0.05) is 12.2 Å². The smallest absolute Gasteiger partial charge is 0.338 e. The Labute approximate surface area is 199 Å². The Hall–Kier alpha value is -2.94. The number of thioether (sulfide) groups is 1. The van der Waals surface area contributed by atoms with E-state index in [0.717, 1.165) is 16.4 Å². The number of allylic oxidation sites excluding steroid dienone is 1. The van der Waals surface area contributed by atoms with Crippen molar-refractivity contribution >= 4 is 28.8 Å². The van der Waals surface area contributed by atoms with Crippen LogP contribution in [0.1, 0.15) is 45.2 Å². The van der Waals surface area contributed by atoms with Crippen LogP contribution in [0.5, 0.6) is 11.5 Å². The van der Waals surface area contributed by atoms with Gasteiger partial charge in [-0.15, -0.1) is 0 Å². The summed E-state index contributed by atoms with van der Waals surface area (Å²) < 4.78 is 16.0. The maximum Gasteiger partial charge on any atom is 0.338 e. The summed E-state index contributed by atoms with van der Waals surface area (Å²) in [6.45, 7) is 6.66. The molecule has 0 aliphatic carbocycles. The van der Waals surface area contributed by atoms with Gasteiger partial charge >= 0.3 is 5.97 Å². The predicted octanol–water partition coefficient (Wildman–Crippen LogP) is 4.00. The van der Waals surface area contributed by atoms with Crippen molar-refractivity contribution in [2.24, 2.45) is 10.9 Å². The summed E-state index contributed by atoms with van der Waals surface area (Å²) >= 11 is 1.45. The summed E-state index contributed by atoms with van der Waals surface area (Å²) in [5.41, 5.74) is 2.70. The Bertz CT molecular complexity index is 1020. The highest BCUT2D eigenvalue weighted by molar-refractivity contribution is 8.16. The van der Waals surface area contributed by atoms with Gasteiger partial charge in [-0.05, 0) is 35.4 Å². The van der Waals surface area contributed by atoms with Crippen molar-refractivity contribution < 1.29 is 23.8 Å². The number of benzene rings is 1. The number of rotatable bonds is 9. The molecule has 8 nitrogen and oxygen atoms in total. The molecule has 0 bridgehead atoms. The fourth-order valence-electron chi connectivity index (χ4n) is 3.80. The van der Waals surface area contributed by atoms with Gasteiger partial charge in [-0.25, -0.2) is 9.79 Å². The zero-order valence-corrected chi connectivity index (χ0v) is 20.7. The number of nitrogens with zero attached hydrogens (tertiary/aromatic N) is 2. The van der Waals surface area contributed by atoms with Crippen LogP contribution in [0.4, 0.5) is 0 Å². The molecule has 2 heterocycles. The number of amidine groups is 1. The quantitative estimate of drug-likeness (QED) is 0.542. The lowest BCUT2D eigenvalue weighted by molar-refractivity contribution is -0.136. The third kappa shape index (κ3) is 5.19. The molecule has 0 fully saturated rings. The molecule has 1 amide bonds. The fraction of sp³-hybridized carbons (Fsp3) is 0.458. The van der Waals surface area contributed by atoms with E-state index < -0.39 is 12.0 Å². The fourth-order valence-corrected chi connectivity index (χ4v) is 4.73. The first kappa shape index (κ1) is 24.7. The van der Waals surface area contributed by atoms with E-state index in [4.69, 9.17) is 19.2 Å². The van der Waals surface area contributed by atoms with Crippen LogP contribution in [0.25, 0.3) is 0 Å². The van der Waals surface area contributed by atoms with Crippen LogP contribution in [-0.2, 0) is 14.3 Å². The molecule has 1 N–H and O–H groups in total. The van der Waals surface area contributed by atoms with Crippen molar-refractivity contribution in [1.82, 2.24) is 10.2 Å². The number of methoxy groups -OCH3 is 3. The van der Waals surface area contributed by atoms with Gasteiger partial charge in [-0.3, -0.25) is 4.79 Å². The number of carbonyl (C=O) groups is 2. The highest BCUT2D eigenvalue weighted by atomic mass is 32.2. The minimum absolute atomic E-state index is 0.0762. The minimum Gasteiger partial charge on any atom is -0.493 e. The van der Waals surface area contributed by atoms with Crippen LogP contribution in [0, 0.1) is 5.92 Å². The van der Waals surface area contributed by atoms with Crippen LogP contribution in [0.15, 0.2) is 45.6 Å². The number of hydrogen-bond acceptors (Lipinski definition) is 8. The first-order valence-corrected chi connectivity index (χ1v) is 11.8. The summed E-state index contributed by atoms with van der Waals surface area (Å²) in [5.74, 6) is 0.967. The van der Waals surface area contributed by atoms with Crippen LogP contribution in [0.2, 0.25) is 0 Å². The molecule has 0 radical (unpaired) electrons. The number of fused-ring (bicyclic) bond motifs is 1. The first-order chi connectivity index (χ1) is 15.8. The maximum atomic E-state index is 13.0. The molecule has 0 aromatic heterocycles. The van der Waals surface area contributed by atoms with Crippen molar-refractivity contribution in [3.05, 3.63) is 46.1 Å². The maximum absolute atomic E-state index is 13.0. The molecule has 0 spiro atoms. The van der Waals surface area contributed by atoms with Gasteiger partial charge in [0.2, 0.25) is 5.91 Å². The van der Waals surface area contributed by atoms with Gasteiger partial charge in [-0.1, -0.05) is 38.6 Å². The molecule has 1 atom stereocenters. The average Bonchev–Trinajstić information content (AvgIpc) is 3.22. The molecule has 0 saturated carbocycles. The van der Waals surface area contributed by atoms with Gasteiger partial charge in [-0.2, -0.15) is 0 Å². The Balaban J connectivity index is 2.07. The second-order valence-electron chi connectivity index (χ2n) is 8.09. The van der Waals surface area contributed by atoms with E-state index in [1.54, 1.807) is 14.2 Å². The molecule has 0 saturated heterocycles. The number of nitrogens with one attached hydrogen (secondary N) is 1. The van der Waals surface area contributed by atoms with E-state index in [0.29, 0.717) is 41.7 Å².